The molecular formula is C10H13FN. The van der Waals surface area contributed by atoms with E-state index in [2.05, 4.69) is 11.9 Å². The maximum absolute atomic E-state index is 12.9. The highest BCUT2D eigenvalue weighted by molar-refractivity contribution is 5.06. The summed E-state index contributed by atoms with van der Waals surface area (Å²) < 4.78 is 12.9. The highest BCUT2D eigenvalue weighted by atomic mass is 19.1. The molecule has 0 fully saturated rings. The zero-order valence-corrected chi connectivity index (χ0v) is 7.09. The average Bonchev–Trinajstić information content (AvgIpc) is 2.09. The standard InChI is InChI=1S/C10H13FN/c1-2-3-4-7-10-9(11)6-5-8-12-10/h5-6,8H,1-4,7H2. The van der Waals surface area contributed by atoms with Gasteiger partial charge in [0.05, 0.1) is 5.69 Å². The first-order valence-corrected chi connectivity index (χ1v) is 4.23. The SMILES string of the molecule is [CH2]CCCCc1ncccc1F. The van der Waals surface area contributed by atoms with E-state index < -0.39 is 0 Å². The van der Waals surface area contributed by atoms with Crippen molar-refractivity contribution in [3.05, 3.63) is 36.8 Å². The van der Waals surface area contributed by atoms with Gasteiger partial charge < -0.3 is 0 Å². The Balaban J connectivity index is 2.46. The molecule has 1 rings (SSSR count). The van der Waals surface area contributed by atoms with Gasteiger partial charge in [0, 0.05) is 6.20 Å². The minimum absolute atomic E-state index is 0.193. The summed E-state index contributed by atoms with van der Waals surface area (Å²) in [5, 5.41) is 0. The molecule has 0 unspecified atom stereocenters. The zero-order valence-electron chi connectivity index (χ0n) is 7.09. The van der Waals surface area contributed by atoms with Gasteiger partial charge in [-0.1, -0.05) is 19.8 Å². The smallest absolute Gasteiger partial charge is 0.144 e. The van der Waals surface area contributed by atoms with Gasteiger partial charge in [0.25, 0.3) is 0 Å². The van der Waals surface area contributed by atoms with Gasteiger partial charge in [-0.3, -0.25) is 4.98 Å². The van der Waals surface area contributed by atoms with Gasteiger partial charge in [-0.15, -0.1) is 0 Å². The summed E-state index contributed by atoms with van der Waals surface area (Å²) >= 11 is 0. The number of unbranched alkanes of at least 4 members (excludes halogenated alkanes) is 2. The molecule has 12 heavy (non-hydrogen) atoms. The minimum Gasteiger partial charge on any atom is -0.258 e. The fraction of sp³-hybridized carbons (Fsp3) is 0.400. The summed E-state index contributed by atoms with van der Waals surface area (Å²) in [6, 6.07) is 3.06. The van der Waals surface area contributed by atoms with Gasteiger partial charge in [0.15, 0.2) is 0 Å². The Morgan fingerprint density at radius 3 is 2.92 bits per heavy atom. The van der Waals surface area contributed by atoms with E-state index >= 15 is 0 Å². The molecule has 65 valence electrons. The molecule has 1 aromatic rings. The van der Waals surface area contributed by atoms with E-state index in [1.807, 2.05) is 0 Å². The molecule has 0 saturated heterocycles. The topological polar surface area (TPSA) is 12.9 Å². The van der Waals surface area contributed by atoms with Crippen LogP contribution in [-0.4, -0.2) is 4.98 Å². The first-order chi connectivity index (χ1) is 5.84. The fourth-order valence-corrected chi connectivity index (χ4v) is 1.07. The maximum atomic E-state index is 12.9. The number of hydrogen-bond donors (Lipinski definition) is 0. The van der Waals surface area contributed by atoms with Crippen LogP contribution in [0.25, 0.3) is 0 Å². The summed E-state index contributed by atoms with van der Waals surface area (Å²) in [7, 11) is 0. The molecule has 0 atom stereocenters. The molecule has 0 aliphatic carbocycles. The lowest BCUT2D eigenvalue weighted by Crippen LogP contribution is -1.93. The Hall–Kier alpha value is -0.920. The predicted octanol–water partition coefficient (Wildman–Crippen LogP) is 2.77. The summed E-state index contributed by atoms with van der Waals surface area (Å²) in [5.74, 6) is -0.193. The molecule has 0 spiro atoms. The van der Waals surface area contributed by atoms with E-state index in [4.69, 9.17) is 0 Å². The van der Waals surface area contributed by atoms with Crippen LogP contribution < -0.4 is 0 Å². The normalized spacial score (nSPS) is 10.2. The van der Waals surface area contributed by atoms with Crippen LogP contribution in [-0.2, 0) is 6.42 Å². The van der Waals surface area contributed by atoms with Crippen molar-refractivity contribution in [2.45, 2.75) is 25.7 Å². The Morgan fingerprint density at radius 2 is 2.25 bits per heavy atom. The molecule has 1 nitrogen and oxygen atoms in total. The van der Waals surface area contributed by atoms with Crippen molar-refractivity contribution in [3.8, 4) is 0 Å². The second-order valence-corrected chi connectivity index (χ2v) is 2.74. The zero-order chi connectivity index (χ0) is 8.81. The van der Waals surface area contributed by atoms with Gasteiger partial charge in [0.2, 0.25) is 0 Å². The Labute approximate surface area is 72.6 Å². The van der Waals surface area contributed by atoms with E-state index in [1.54, 1.807) is 12.3 Å². The van der Waals surface area contributed by atoms with Gasteiger partial charge in [-0.25, -0.2) is 4.39 Å². The van der Waals surface area contributed by atoms with Crippen LogP contribution in [0.15, 0.2) is 18.3 Å². The third-order valence-electron chi connectivity index (χ3n) is 1.75. The van der Waals surface area contributed by atoms with E-state index in [0.717, 1.165) is 25.7 Å². The van der Waals surface area contributed by atoms with Gasteiger partial charge in [0.1, 0.15) is 5.82 Å². The van der Waals surface area contributed by atoms with Crippen molar-refractivity contribution in [1.29, 1.82) is 0 Å². The van der Waals surface area contributed by atoms with Crippen LogP contribution in [0.1, 0.15) is 25.0 Å². The van der Waals surface area contributed by atoms with Crippen LogP contribution in [0.2, 0.25) is 0 Å². The second kappa shape index (κ2) is 4.86. The van der Waals surface area contributed by atoms with Crippen molar-refractivity contribution >= 4 is 0 Å². The summed E-state index contributed by atoms with van der Waals surface area (Å²) in [6.45, 7) is 3.73. The average molecular weight is 166 g/mol. The third-order valence-corrected chi connectivity index (χ3v) is 1.75. The molecule has 0 aromatic carbocycles. The molecule has 0 amide bonds. The van der Waals surface area contributed by atoms with Crippen LogP contribution in [0.4, 0.5) is 4.39 Å². The molecule has 1 aromatic heterocycles. The van der Waals surface area contributed by atoms with Crippen LogP contribution >= 0.6 is 0 Å². The lowest BCUT2D eigenvalue weighted by Gasteiger charge is -1.99. The monoisotopic (exact) mass is 166 g/mol. The summed E-state index contributed by atoms with van der Waals surface area (Å²) in [6.07, 6.45) is 5.27. The molecule has 0 bridgehead atoms. The number of halogens is 1. The molecule has 1 heterocycles. The minimum atomic E-state index is -0.193. The van der Waals surface area contributed by atoms with Crippen LogP contribution in [0.5, 0.6) is 0 Å². The van der Waals surface area contributed by atoms with Crippen molar-refractivity contribution in [1.82, 2.24) is 4.98 Å². The molecular weight excluding hydrogens is 153 g/mol. The largest absolute Gasteiger partial charge is 0.258 e. The lowest BCUT2D eigenvalue weighted by molar-refractivity contribution is 0.588. The number of aryl methyl sites for hydroxylation is 1. The molecule has 0 aliphatic heterocycles. The molecule has 1 radical (unpaired) electrons. The van der Waals surface area contributed by atoms with E-state index in [9.17, 15) is 4.39 Å². The summed E-state index contributed by atoms with van der Waals surface area (Å²) in [4.78, 5) is 3.95. The van der Waals surface area contributed by atoms with E-state index in [0.29, 0.717) is 5.69 Å². The predicted molar refractivity (Wildman–Crippen MR) is 47.1 cm³/mol. The highest BCUT2D eigenvalue weighted by Crippen LogP contribution is 2.07. The van der Waals surface area contributed by atoms with E-state index in [-0.39, 0.29) is 5.82 Å². The van der Waals surface area contributed by atoms with Crippen molar-refractivity contribution < 1.29 is 4.39 Å². The maximum Gasteiger partial charge on any atom is 0.144 e. The lowest BCUT2D eigenvalue weighted by atomic mass is 10.1. The van der Waals surface area contributed by atoms with Crippen molar-refractivity contribution in [2.75, 3.05) is 0 Å². The van der Waals surface area contributed by atoms with E-state index in [1.165, 1.54) is 6.07 Å². The molecule has 0 saturated carbocycles. The number of aromatic nitrogens is 1. The molecule has 0 aliphatic rings. The quantitative estimate of drug-likeness (QED) is 0.627. The van der Waals surface area contributed by atoms with Crippen LogP contribution in [0.3, 0.4) is 0 Å². The Morgan fingerprint density at radius 1 is 1.42 bits per heavy atom. The van der Waals surface area contributed by atoms with Gasteiger partial charge >= 0.3 is 0 Å². The van der Waals surface area contributed by atoms with Crippen molar-refractivity contribution in [3.63, 3.8) is 0 Å². The van der Waals surface area contributed by atoms with Crippen LogP contribution in [0, 0.1) is 12.7 Å². The third kappa shape index (κ3) is 2.61. The first-order valence-electron chi connectivity index (χ1n) is 4.23. The van der Waals surface area contributed by atoms with Crippen molar-refractivity contribution in [2.24, 2.45) is 0 Å². The number of hydrogen-bond acceptors (Lipinski definition) is 1. The number of pyridine rings is 1. The number of nitrogens with zero attached hydrogens (tertiary/aromatic N) is 1. The molecule has 2 heteroatoms. The fourth-order valence-electron chi connectivity index (χ4n) is 1.07. The second-order valence-electron chi connectivity index (χ2n) is 2.74. The summed E-state index contributed by atoms with van der Waals surface area (Å²) in [5.41, 5.74) is 0.575. The Kier molecular flexibility index (Phi) is 3.71. The van der Waals surface area contributed by atoms with Gasteiger partial charge in [-0.2, -0.15) is 0 Å². The number of rotatable bonds is 4. The first kappa shape index (κ1) is 9.17. The Bertz CT molecular complexity index is 235. The molecule has 0 N–H and O–H groups in total. The highest BCUT2D eigenvalue weighted by Gasteiger charge is 2.00. The van der Waals surface area contributed by atoms with Gasteiger partial charge in [-0.05, 0) is 25.0 Å².